The molecule has 0 aliphatic rings. The van der Waals surface area contributed by atoms with Gasteiger partial charge in [-0.3, -0.25) is 4.79 Å². The number of carboxylic acids is 1. The van der Waals surface area contributed by atoms with E-state index < -0.39 is 5.97 Å². The fourth-order valence-corrected chi connectivity index (χ4v) is 2.13. The molecule has 124 valence electrons. The monoisotopic (exact) mass is 308 g/mol. The maximum atomic E-state index is 10.7. The number of nitrogens with one attached hydrogen (secondary N) is 1. The Hall–Kier alpha value is -1.75. The van der Waals surface area contributed by atoms with Crippen molar-refractivity contribution in [1.82, 2.24) is 5.32 Å². The zero-order chi connectivity index (χ0) is 16.5. The van der Waals surface area contributed by atoms with E-state index in [9.17, 15) is 4.79 Å². The Bertz CT molecular complexity index is 475. The van der Waals surface area contributed by atoms with E-state index in [2.05, 4.69) is 18.3 Å². The van der Waals surface area contributed by atoms with Gasteiger partial charge in [-0.1, -0.05) is 13.0 Å². The van der Waals surface area contributed by atoms with Crippen LogP contribution in [0.4, 0.5) is 5.69 Å². The fourth-order valence-electron chi connectivity index (χ4n) is 2.13. The molecule has 0 fully saturated rings. The number of anilines is 1. The number of benzene rings is 1. The second-order valence-corrected chi connectivity index (χ2v) is 5.71. The lowest BCUT2D eigenvalue weighted by Crippen LogP contribution is -2.22. The van der Waals surface area contributed by atoms with E-state index in [1.807, 2.05) is 37.9 Å². The van der Waals surface area contributed by atoms with E-state index in [0.717, 1.165) is 30.9 Å². The van der Waals surface area contributed by atoms with Crippen LogP contribution in [-0.4, -0.2) is 37.3 Å². The molecule has 22 heavy (non-hydrogen) atoms. The maximum absolute atomic E-state index is 10.7. The number of ether oxygens (including phenoxy) is 1. The number of rotatable bonds is 10. The van der Waals surface area contributed by atoms with Gasteiger partial charge in [0.05, 0.1) is 18.2 Å². The Kier molecular flexibility index (Phi) is 7.74. The average molecular weight is 308 g/mol. The van der Waals surface area contributed by atoms with E-state index in [0.29, 0.717) is 6.54 Å². The van der Waals surface area contributed by atoms with Crippen molar-refractivity contribution in [2.45, 2.75) is 46.3 Å². The van der Waals surface area contributed by atoms with Crippen LogP contribution in [-0.2, 0) is 11.3 Å². The highest BCUT2D eigenvalue weighted by Gasteiger charge is 2.12. The average Bonchev–Trinajstić information content (AvgIpc) is 2.44. The molecule has 0 bridgehead atoms. The molecule has 0 heterocycles. The first-order valence-corrected chi connectivity index (χ1v) is 7.87. The standard InChI is InChI=1S/C17H28N2O3/c1-5-9-18-12-14-6-7-15(16(11-14)22-13(2)3)19(4)10-8-17(20)21/h6-7,11,13,18H,5,8-10,12H2,1-4H3,(H,20,21). The summed E-state index contributed by atoms with van der Waals surface area (Å²) in [6, 6.07) is 6.10. The summed E-state index contributed by atoms with van der Waals surface area (Å²) in [4.78, 5) is 12.7. The molecule has 1 aromatic rings. The van der Waals surface area contributed by atoms with Crippen molar-refractivity contribution in [2.75, 3.05) is 25.0 Å². The van der Waals surface area contributed by atoms with Crippen molar-refractivity contribution in [1.29, 1.82) is 0 Å². The molecule has 2 N–H and O–H groups in total. The lowest BCUT2D eigenvalue weighted by atomic mass is 10.1. The number of nitrogens with zero attached hydrogens (tertiary/aromatic N) is 1. The lowest BCUT2D eigenvalue weighted by molar-refractivity contribution is -0.136. The fraction of sp³-hybridized carbons (Fsp3) is 0.588. The minimum Gasteiger partial charge on any atom is -0.489 e. The number of carbonyl (C=O) groups is 1. The summed E-state index contributed by atoms with van der Waals surface area (Å²) in [5, 5.41) is 12.2. The van der Waals surface area contributed by atoms with Crippen LogP contribution in [0.15, 0.2) is 18.2 Å². The van der Waals surface area contributed by atoms with Crippen molar-refractivity contribution >= 4 is 11.7 Å². The summed E-state index contributed by atoms with van der Waals surface area (Å²) >= 11 is 0. The summed E-state index contributed by atoms with van der Waals surface area (Å²) < 4.78 is 5.90. The molecule has 0 radical (unpaired) electrons. The SMILES string of the molecule is CCCNCc1ccc(N(C)CCC(=O)O)c(OC(C)C)c1. The third-order valence-corrected chi connectivity index (χ3v) is 3.22. The summed E-state index contributed by atoms with van der Waals surface area (Å²) in [7, 11) is 1.89. The van der Waals surface area contributed by atoms with Gasteiger partial charge in [0.2, 0.25) is 0 Å². The first kappa shape index (κ1) is 18.3. The zero-order valence-electron chi connectivity index (χ0n) is 14.1. The summed E-state index contributed by atoms with van der Waals surface area (Å²) in [6.45, 7) is 8.37. The van der Waals surface area contributed by atoms with Crippen LogP contribution in [0, 0.1) is 0 Å². The molecule has 5 heteroatoms. The number of hydrogen-bond donors (Lipinski definition) is 2. The second kappa shape index (κ2) is 9.30. The van der Waals surface area contributed by atoms with Crippen LogP contribution in [0.1, 0.15) is 39.2 Å². The third kappa shape index (κ3) is 6.35. The van der Waals surface area contributed by atoms with Gasteiger partial charge in [0, 0.05) is 20.1 Å². The minimum atomic E-state index is -0.793. The summed E-state index contributed by atoms with van der Waals surface area (Å²) in [5.41, 5.74) is 2.09. The van der Waals surface area contributed by atoms with Crippen molar-refractivity contribution in [3.8, 4) is 5.75 Å². The van der Waals surface area contributed by atoms with Gasteiger partial charge in [-0.15, -0.1) is 0 Å². The maximum Gasteiger partial charge on any atom is 0.305 e. The van der Waals surface area contributed by atoms with E-state index >= 15 is 0 Å². The van der Waals surface area contributed by atoms with E-state index in [1.165, 1.54) is 5.56 Å². The number of aliphatic carboxylic acids is 1. The van der Waals surface area contributed by atoms with Crippen LogP contribution in [0.25, 0.3) is 0 Å². The van der Waals surface area contributed by atoms with Crippen molar-refractivity contribution in [2.24, 2.45) is 0 Å². The molecule has 1 aromatic carbocycles. The predicted octanol–water partition coefficient (Wildman–Crippen LogP) is 2.88. The van der Waals surface area contributed by atoms with Crippen molar-refractivity contribution < 1.29 is 14.6 Å². The highest BCUT2D eigenvalue weighted by Crippen LogP contribution is 2.30. The molecule has 0 amide bonds. The molecule has 0 spiro atoms. The van der Waals surface area contributed by atoms with Gasteiger partial charge in [-0.2, -0.15) is 0 Å². The Morgan fingerprint density at radius 1 is 1.41 bits per heavy atom. The van der Waals surface area contributed by atoms with Crippen LogP contribution in [0.3, 0.4) is 0 Å². The summed E-state index contributed by atoms with van der Waals surface area (Å²) in [5.74, 6) is 0.0113. The quantitative estimate of drug-likeness (QED) is 0.651. The summed E-state index contributed by atoms with van der Waals surface area (Å²) in [6.07, 6.45) is 1.29. The van der Waals surface area contributed by atoms with Gasteiger partial charge >= 0.3 is 5.97 Å². The first-order chi connectivity index (χ1) is 10.4. The van der Waals surface area contributed by atoms with E-state index in [4.69, 9.17) is 9.84 Å². The topological polar surface area (TPSA) is 61.8 Å². The van der Waals surface area contributed by atoms with Gasteiger partial charge in [-0.05, 0) is 44.5 Å². The zero-order valence-corrected chi connectivity index (χ0v) is 14.1. The van der Waals surface area contributed by atoms with Crippen LogP contribution >= 0.6 is 0 Å². The smallest absolute Gasteiger partial charge is 0.305 e. The Balaban J connectivity index is 2.87. The van der Waals surface area contributed by atoms with Crippen LogP contribution < -0.4 is 15.0 Å². The van der Waals surface area contributed by atoms with Gasteiger partial charge in [0.1, 0.15) is 5.75 Å². The van der Waals surface area contributed by atoms with E-state index in [1.54, 1.807) is 0 Å². The normalized spacial score (nSPS) is 10.8. The van der Waals surface area contributed by atoms with Crippen LogP contribution in [0.2, 0.25) is 0 Å². The Morgan fingerprint density at radius 3 is 2.73 bits per heavy atom. The highest BCUT2D eigenvalue weighted by atomic mass is 16.5. The molecule has 0 aromatic heterocycles. The van der Waals surface area contributed by atoms with E-state index in [-0.39, 0.29) is 12.5 Å². The Labute approximate surface area is 133 Å². The highest BCUT2D eigenvalue weighted by molar-refractivity contribution is 5.68. The lowest BCUT2D eigenvalue weighted by Gasteiger charge is -2.23. The molecule has 0 saturated heterocycles. The largest absolute Gasteiger partial charge is 0.489 e. The molecule has 5 nitrogen and oxygen atoms in total. The minimum absolute atomic E-state index is 0.0745. The molecular weight excluding hydrogens is 280 g/mol. The van der Waals surface area contributed by atoms with Crippen molar-refractivity contribution in [3.05, 3.63) is 23.8 Å². The number of carboxylic acid groups (broad SMARTS) is 1. The molecular formula is C17H28N2O3. The van der Waals surface area contributed by atoms with Gasteiger partial charge in [0.15, 0.2) is 0 Å². The van der Waals surface area contributed by atoms with Gasteiger partial charge < -0.3 is 20.1 Å². The second-order valence-electron chi connectivity index (χ2n) is 5.71. The van der Waals surface area contributed by atoms with Gasteiger partial charge in [0.25, 0.3) is 0 Å². The molecule has 0 atom stereocenters. The van der Waals surface area contributed by atoms with Crippen molar-refractivity contribution in [3.63, 3.8) is 0 Å². The molecule has 0 aliphatic carbocycles. The van der Waals surface area contributed by atoms with Crippen LogP contribution in [0.5, 0.6) is 5.75 Å². The first-order valence-electron chi connectivity index (χ1n) is 7.87. The van der Waals surface area contributed by atoms with Gasteiger partial charge in [-0.25, -0.2) is 0 Å². The molecule has 0 saturated carbocycles. The molecule has 0 aliphatic heterocycles. The molecule has 0 unspecified atom stereocenters. The number of hydrogen-bond acceptors (Lipinski definition) is 4. The predicted molar refractivity (Wildman–Crippen MR) is 89.7 cm³/mol. The molecule has 1 rings (SSSR count). The Morgan fingerprint density at radius 2 is 2.14 bits per heavy atom. The third-order valence-electron chi connectivity index (χ3n) is 3.22.